The molecule has 0 amide bonds. The molecular weight excluding hydrogens is 176 g/mol. The van der Waals surface area contributed by atoms with E-state index >= 15 is 0 Å². The lowest BCUT2D eigenvalue weighted by atomic mass is 10.4. The highest BCUT2D eigenvalue weighted by atomic mass is 16.5. The zero-order valence-electron chi connectivity index (χ0n) is 9.11. The summed E-state index contributed by atoms with van der Waals surface area (Å²) in [7, 11) is 1.66. The van der Waals surface area contributed by atoms with Crippen molar-refractivity contribution in [3.8, 4) is 5.75 Å². The summed E-state index contributed by atoms with van der Waals surface area (Å²) in [5.41, 5.74) is 1.06. The molecule has 0 atom stereocenters. The monoisotopic (exact) mass is 192 g/mol. The lowest BCUT2D eigenvalue weighted by Crippen LogP contribution is -1.88. The molecule has 3 heteroatoms. The van der Waals surface area contributed by atoms with E-state index in [0.717, 1.165) is 17.1 Å². The fourth-order valence-corrected chi connectivity index (χ4v) is 1.24. The van der Waals surface area contributed by atoms with E-state index < -0.39 is 0 Å². The maximum atomic E-state index is 5.09. The molecule has 0 spiro atoms. The van der Waals surface area contributed by atoms with Gasteiger partial charge in [0, 0.05) is 12.3 Å². The van der Waals surface area contributed by atoms with E-state index in [1.54, 1.807) is 7.11 Å². The van der Waals surface area contributed by atoms with Gasteiger partial charge in [0.15, 0.2) is 0 Å². The molecule has 2 heterocycles. The molecule has 14 heavy (non-hydrogen) atoms. The smallest absolute Gasteiger partial charge is 0.122 e. The molecule has 76 valence electrons. The van der Waals surface area contributed by atoms with Crippen LogP contribution in [-0.4, -0.2) is 16.5 Å². The molecule has 2 aromatic heterocycles. The van der Waals surface area contributed by atoms with Crippen molar-refractivity contribution >= 4 is 5.52 Å². The van der Waals surface area contributed by atoms with Crippen molar-refractivity contribution in [3.05, 3.63) is 30.4 Å². The number of aromatic nitrogens is 2. The van der Waals surface area contributed by atoms with Crippen LogP contribution in [0, 0.1) is 6.92 Å². The van der Waals surface area contributed by atoms with Gasteiger partial charge in [-0.3, -0.25) is 0 Å². The summed E-state index contributed by atoms with van der Waals surface area (Å²) in [6.45, 7) is 5.97. The van der Waals surface area contributed by atoms with Crippen LogP contribution in [0.5, 0.6) is 5.75 Å². The van der Waals surface area contributed by atoms with Crippen LogP contribution in [0.2, 0.25) is 0 Å². The van der Waals surface area contributed by atoms with Gasteiger partial charge in [-0.05, 0) is 13.0 Å². The van der Waals surface area contributed by atoms with Crippen LogP contribution in [0.3, 0.4) is 0 Å². The fraction of sp³-hybridized carbons (Fsp3) is 0.364. The van der Waals surface area contributed by atoms with E-state index in [-0.39, 0.29) is 0 Å². The predicted molar refractivity (Wildman–Crippen MR) is 57.8 cm³/mol. The highest BCUT2D eigenvalue weighted by molar-refractivity contribution is 5.50. The van der Waals surface area contributed by atoms with Crippen LogP contribution in [0.15, 0.2) is 24.5 Å². The van der Waals surface area contributed by atoms with Crippen molar-refractivity contribution in [3.63, 3.8) is 0 Å². The average molecular weight is 192 g/mol. The predicted octanol–water partition coefficient (Wildman–Crippen LogP) is 2.68. The highest BCUT2D eigenvalue weighted by Crippen LogP contribution is 2.14. The highest BCUT2D eigenvalue weighted by Gasteiger charge is 1.98. The summed E-state index contributed by atoms with van der Waals surface area (Å²) in [4.78, 5) is 4.18. The van der Waals surface area contributed by atoms with E-state index in [2.05, 4.69) is 4.98 Å². The molecule has 2 aromatic rings. The molecule has 0 aliphatic rings. The molecule has 0 N–H and O–H groups in total. The Labute approximate surface area is 84.3 Å². The maximum Gasteiger partial charge on any atom is 0.122 e. The lowest BCUT2D eigenvalue weighted by molar-refractivity contribution is 0.414. The molecule has 0 radical (unpaired) electrons. The number of imidazole rings is 1. The largest absolute Gasteiger partial charge is 0.497 e. The van der Waals surface area contributed by atoms with E-state index in [0.29, 0.717) is 0 Å². The number of ether oxygens (including phenoxy) is 1. The van der Waals surface area contributed by atoms with Gasteiger partial charge in [-0.15, -0.1) is 0 Å². The van der Waals surface area contributed by atoms with E-state index in [9.17, 15) is 0 Å². The van der Waals surface area contributed by atoms with Gasteiger partial charge >= 0.3 is 0 Å². The molecule has 2 rings (SSSR count). The summed E-state index contributed by atoms with van der Waals surface area (Å²) in [5, 5.41) is 0. The first-order valence-corrected chi connectivity index (χ1v) is 4.79. The minimum Gasteiger partial charge on any atom is -0.497 e. The maximum absolute atomic E-state index is 5.09. The quantitative estimate of drug-likeness (QED) is 0.694. The Morgan fingerprint density at radius 2 is 2.07 bits per heavy atom. The SMILES string of the molecule is CC.COc1ccn2c(C)ncc2c1. The molecule has 0 bridgehead atoms. The normalized spacial score (nSPS) is 9.43. The molecule has 3 nitrogen and oxygen atoms in total. The van der Waals surface area contributed by atoms with Gasteiger partial charge < -0.3 is 9.14 Å². The van der Waals surface area contributed by atoms with Gasteiger partial charge in [0.05, 0.1) is 18.8 Å². The lowest BCUT2D eigenvalue weighted by Gasteiger charge is -2.00. The van der Waals surface area contributed by atoms with Crippen LogP contribution in [0.1, 0.15) is 19.7 Å². The first kappa shape index (κ1) is 10.6. The molecular formula is C11H16N2O. The van der Waals surface area contributed by atoms with Gasteiger partial charge in [-0.2, -0.15) is 0 Å². The number of nitrogens with zero attached hydrogens (tertiary/aromatic N) is 2. The van der Waals surface area contributed by atoms with Gasteiger partial charge in [-0.1, -0.05) is 13.8 Å². The third kappa shape index (κ3) is 1.87. The Morgan fingerprint density at radius 3 is 2.71 bits per heavy atom. The third-order valence-electron chi connectivity index (χ3n) is 1.92. The molecule has 0 saturated carbocycles. The van der Waals surface area contributed by atoms with Crippen LogP contribution in [0.25, 0.3) is 5.52 Å². The number of rotatable bonds is 1. The number of methoxy groups -OCH3 is 1. The molecule has 0 saturated heterocycles. The van der Waals surface area contributed by atoms with Crippen molar-refractivity contribution in [2.45, 2.75) is 20.8 Å². The number of hydrogen-bond donors (Lipinski definition) is 0. The van der Waals surface area contributed by atoms with Crippen molar-refractivity contribution in [2.24, 2.45) is 0 Å². The van der Waals surface area contributed by atoms with Crippen molar-refractivity contribution in [1.29, 1.82) is 0 Å². The number of aryl methyl sites for hydroxylation is 1. The Balaban J connectivity index is 0.000000461. The summed E-state index contributed by atoms with van der Waals surface area (Å²) >= 11 is 0. The van der Waals surface area contributed by atoms with Crippen LogP contribution < -0.4 is 4.74 Å². The molecule has 0 aromatic carbocycles. The zero-order chi connectivity index (χ0) is 10.6. The summed E-state index contributed by atoms with van der Waals surface area (Å²) in [5.74, 6) is 1.86. The second kappa shape index (κ2) is 4.65. The molecule has 0 aliphatic heterocycles. The second-order valence-electron chi connectivity index (χ2n) is 2.67. The molecule has 0 aliphatic carbocycles. The first-order valence-electron chi connectivity index (χ1n) is 4.79. The number of fused-ring (bicyclic) bond motifs is 1. The standard InChI is InChI=1S/C9H10N2O.C2H6/c1-7-10-6-8-5-9(12-2)3-4-11(7)8;1-2/h3-6H,1-2H3;1-2H3. The van der Waals surface area contributed by atoms with Gasteiger partial charge in [-0.25, -0.2) is 4.98 Å². The minimum absolute atomic E-state index is 0.863. The van der Waals surface area contributed by atoms with E-state index in [4.69, 9.17) is 4.74 Å². The van der Waals surface area contributed by atoms with Gasteiger partial charge in [0.25, 0.3) is 0 Å². The topological polar surface area (TPSA) is 26.5 Å². The van der Waals surface area contributed by atoms with Crippen molar-refractivity contribution < 1.29 is 4.74 Å². The Kier molecular flexibility index (Phi) is 3.51. The second-order valence-corrected chi connectivity index (χ2v) is 2.67. The average Bonchev–Trinajstić information content (AvgIpc) is 2.63. The third-order valence-corrected chi connectivity index (χ3v) is 1.92. The molecule has 0 unspecified atom stereocenters. The van der Waals surface area contributed by atoms with Gasteiger partial charge in [0.1, 0.15) is 11.6 Å². The zero-order valence-corrected chi connectivity index (χ0v) is 9.11. The van der Waals surface area contributed by atoms with E-state index in [1.165, 1.54) is 0 Å². The number of hydrogen-bond acceptors (Lipinski definition) is 2. The van der Waals surface area contributed by atoms with Crippen LogP contribution >= 0.6 is 0 Å². The summed E-state index contributed by atoms with van der Waals surface area (Å²) in [6.07, 6.45) is 3.79. The van der Waals surface area contributed by atoms with Crippen LogP contribution in [0.4, 0.5) is 0 Å². The Bertz CT molecular complexity index is 407. The van der Waals surface area contributed by atoms with E-state index in [1.807, 2.05) is 49.7 Å². The Hall–Kier alpha value is -1.51. The van der Waals surface area contributed by atoms with Crippen molar-refractivity contribution in [2.75, 3.05) is 7.11 Å². The molecule has 0 fully saturated rings. The minimum atomic E-state index is 0.863. The fourth-order valence-electron chi connectivity index (χ4n) is 1.24. The summed E-state index contributed by atoms with van der Waals surface area (Å²) in [6, 6.07) is 3.88. The number of pyridine rings is 1. The van der Waals surface area contributed by atoms with Crippen molar-refractivity contribution in [1.82, 2.24) is 9.38 Å². The summed E-state index contributed by atoms with van der Waals surface area (Å²) < 4.78 is 7.11. The van der Waals surface area contributed by atoms with Gasteiger partial charge in [0.2, 0.25) is 0 Å². The Morgan fingerprint density at radius 1 is 1.36 bits per heavy atom. The first-order chi connectivity index (χ1) is 6.81. The van der Waals surface area contributed by atoms with Crippen LogP contribution in [-0.2, 0) is 0 Å².